The number of para-hydroxylation sites is 4. The van der Waals surface area contributed by atoms with Gasteiger partial charge in [-0.25, -0.2) is 0 Å². The summed E-state index contributed by atoms with van der Waals surface area (Å²) >= 11 is 1.87. The predicted molar refractivity (Wildman–Crippen MR) is 294 cm³/mol. The SMILES string of the molecule is c1ccc2c(c1)Oc1ccccc1C21c2ccccc2-c2ccc(N(c3ccc(-c4cccc5c4sc4ccccc45)cc3)c3cccc4c3C3(c5ccccc5Oc5ccccc53)c3ccccc3-4)cc21. The van der Waals surface area contributed by atoms with Crippen LogP contribution in [-0.4, -0.2) is 0 Å². The van der Waals surface area contributed by atoms with Gasteiger partial charge in [0.05, 0.1) is 16.5 Å². The van der Waals surface area contributed by atoms with Crippen molar-refractivity contribution in [3.63, 3.8) is 0 Å². The lowest BCUT2D eigenvalue weighted by molar-refractivity contribution is 0.436. The Morgan fingerprint density at radius 1 is 0.319 bits per heavy atom. The lowest BCUT2D eigenvalue weighted by Crippen LogP contribution is -2.33. The predicted octanol–water partition coefficient (Wildman–Crippen LogP) is 18.1. The van der Waals surface area contributed by atoms with Gasteiger partial charge in [0.15, 0.2) is 0 Å². The molecule has 0 saturated heterocycles. The standard InChI is InChI=1S/C68H41NO2S/c1-4-23-52-46(17-1)48-40-39-44(41-58(48)67(52)54-25-6-10-30-60(54)70-61-31-11-7-26-55(61)67)69(43-37-35-42(36-38-43)45-20-15-22-51-49-19-3-14-34-64(49)72-66(45)51)59-29-16-21-50-47-18-2-5-24-53(47)68(65(50)59)56-27-8-12-32-62(56)71-63-33-13-9-28-57(63)68/h1-41H. The molecule has 2 aliphatic heterocycles. The third kappa shape index (κ3) is 5.13. The van der Waals surface area contributed by atoms with Crippen molar-refractivity contribution in [2.24, 2.45) is 0 Å². The Balaban J connectivity index is 0.990. The normalized spacial score (nSPS) is 14.3. The fraction of sp³-hybridized carbons (Fsp3) is 0.0294. The van der Waals surface area contributed by atoms with Crippen molar-refractivity contribution in [1.29, 1.82) is 0 Å². The van der Waals surface area contributed by atoms with Crippen LogP contribution in [0.5, 0.6) is 23.0 Å². The zero-order valence-electron chi connectivity index (χ0n) is 38.8. The van der Waals surface area contributed by atoms with Crippen LogP contribution in [0.15, 0.2) is 249 Å². The number of hydrogen-bond donors (Lipinski definition) is 0. The van der Waals surface area contributed by atoms with Crippen LogP contribution in [0.3, 0.4) is 0 Å². The Morgan fingerprint density at radius 2 is 0.778 bits per heavy atom. The quantitative estimate of drug-likeness (QED) is 0.176. The zero-order chi connectivity index (χ0) is 47.1. The number of nitrogens with zero attached hydrogens (tertiary/aromatic N) is 1. The van der Waals surface area contributed by atoms with E-state index < -0.39 is 10.8 Å². The van der Waals surface area contributed by atoms with Crippen LogP contribution in [0.2, 0.25) is 0 Å². The lowest BCUT2D eigenvalue weighted by Gasteiger charge is -2.42. The molecule has 0 radical (unpaired) electrons. The minimum absolute atomic E-state index is 0.638. The van der Waals surface area contributed by atoms with Gasteiger partial charge in [0.1, 0.15) is 23.0 Å². The maximum atomic E-state index is 6.85. The van der Waals surface area contributed by atoms with Crippen LogP contribution < -0.4 is 14.4 Å². The Morgan fingerprint density at radius 3 is 1.43 bits per heavy atom. The molecule has 11 aromatic carbocycles. The molecule has 0 bridgehead atoms. The van der Waals surface area contributed by atoms with Gasteiger partial charge in [-0.3, -0.25) is 0 Å². The molecule has 4 heteroatoms. The molecule has 0 N–H and O–H groups in total. The van der Waals surface area contributed by atoms with Crippen molar-refractivity contribution in [2.45, 2.75) is 10.8 Å². The molecule has 16 rings (SSSR count). The molecule has 4 aliphatic rings. The van der Waals surface area contributed by atoms with Crippen LogP contribution in [0.4, 0.5) is 17.1 Å². The Kier molecular flexibility index (Phi) is 8.18. The number of hydrogen-bond acceptors (Lipinski definition) is 4. The molecule has 3 heterocycles. The first kappa shape index (κ1) is 39.8. The van der Waals surface area contributed by atoms with Gasteiger partial charge in [-0.05, 0) is 111 Å². The molecule has 0 fully saturated rings. The smallest absolute Gasteiger partial charge is 0.132 e. The van der Waals surface area contributed by atoms with E-state index >= 15 is 0 Å². The third-order valence-electron chi connectivity index (χ3n) is 16.0. The highest BCUT2D eigenvalue weighted by atomic mass is 32.1. The average Bonchev–Trinajstić information content (AvgIpc) is 4.07. The van der Waals surface area contributed by atoms with Crippen LogP contribution >= 0.6 is 11.3 Å². The van der Waals surface area contributed by atoms with Crippen molar-refractivity contribution < 1.29 is 9.47 Å². The monoisotopic (exact) mass is 935 g/mol. The van der Waals surface area contributed by atoms with E-state index in [0.717, 1.165) is 62.3 Å². The van der Waals surface area contributed by atoms with Crippen molar-refractivity contribution in [2.75, 3.05) is 4.90 Å². The maximum Gasteiger partial charge on any atom is 0.132 e. The summed E-state index contributed by atoms with van der Waals surface area (Å²) in [6.45, 7) is 0. The molecule has 3 nitrogen and oxygen atoms in total. The highest BCUT2D eigenvalue weighted by Gasteiger charge is 2.54. The molecule has 72 heavy (non-hydrogen) atoms. The first-order valence-corrected chi connectivity index (χ1v) is 25.6. The Hall–Kier alpha value is -8.96. The second-order valence-electron chi connectivity index (χ2n) is 19.4. The van der Waals surface area contributed by atoms with Crippen LogP contribution in [0, 0.1) is 0 Å². The van der Waals surface area contributed by atoms with Gasteiger partial charge in [-0.2, -0.15) is 0 Å². The van der Waals surface area contributed by atoms with Gasteiger partial charge >= 0.3 is 0 Å². The minimum atomic E-state index is -0.699. The fourth-order valence-corrected chi connectivity index (χ4v) is 14.5. The second kappa shape index (κ2) is 14.8. The van der Waals surface area contributed by atoms with E-state index in [1.165, 1.54) is 75.8 Å². The number of benzene rings is 11. The summed E-state index contributed by atoms with van der Waals surface area (Å²) in [6.07, 6.45) is 0. The van der Waals surface area contributed by atoms with E-state index in [4.69, 9.17) is 9.47 Å². The summed E-state index contributed by atoms with van der Waals surface area (Å²) < 4.78 is 16.2. The second-order valence-corrected chi connectivity index (χ2v) is 20.4. The van der Waals surface area contributed by atoms with Crippen molar-refractivity contribution in [1.82, 2.24) is 0 Å². The summed E-state index contributed by atoms with van der Waals surface area (Å²) in [5, 5.41) is 2.60. The highest BCUT2D eigenvalue weighted by molar-refractivity contribution is 7.26. The molecular formula is C68H41NO2S. The van der Waals surface area contributed by atoms with Crippen molar-refractivity contribution >= 4 is 48.6 Å². The number of thiophene rings is 1. The number of ether oxygens (including phenoxy) is 2. The number of fused-ring (bicyclic) bond motifs is 21. The molecular weight excluding hydrogens is 895 g/mol. The van der Waals surface area contributed by atoms with Gasteiger partial charge in [0, 0.05) is 59.4 Å². The Bertz CT molecular complexity index is 4170. The van der Waals surface area contributed by atoms with Crippen LogP contribution in [-0.2, 0) is 10.8 Å². The minimum Gasteiger partial charge on any atom is -0.457 e. The number of rotatable bonds is 4. The summed E-state index contributed by atoms with van der Waals surface area (Å²) in [5.74, 6) is 3.49. The molecule has 0 amide bonds. The molecule has 2 aliphatic carbocycles. The van der Waals surface area contributed by atoms with Crippen LogP contribution in [0.1, 0.15) is 44.5 Å². The summed E-state index contributed by atoms with van der Waals surface area (Å²) in [7, 11) is 0. The van der Waals surface area contributed by atoms with Gasteiger partial charge in [0.2, 0.25) is 0 Å². The summed E-state index contributed by atoms with van der Waals surface area (Å²) in [4.78, 5) is 2.53. The largest absolute Gasteiger partial charge is 0.457 e. The molecule has 1 aromatic heterocycles. The van der Waals surface area contributed by atoms with Gasteiger partial charge in [-0.15, -0.1) is 11.3 Å². The average molecular weight is 936 g/mol. The first-order valence-electron chi connectivity index (χ1n) is 24.7. The van der Waals surface area contributed by atoms with E-state index in [2.05, 4.69) is 254 Å². The van der Waals surface area contributed by atoms with Gasteiger partial charge < -0.3 is 14.4 Å². The summed E-state index contributed by atoms with van der Waals surface area (Å²) in [6, 6.07) is 91.5. The maximum absolute atomic E-state index is 6.85. The first-order chi connectivity index (χ1) is 35.7. The lowest BCUT2D eigenvalue weighted by atomic mass is 9.65. The van der Waals surface area contributed by atoms with E-state index in [9.17, 15) is 0 Å². The molecule has 12 aromatic rings. The van der Waals surface area contributed by atoms with E-state index in [0.29, 0.717) is 0 Å². The van der Waals surface area contributed by atoms with E-state index in [1.54, 1.807) is 0 Å². The summed E-state index contributed by atoms with van der Waals surface area (Å²) in [5.41, 5.74) is 18.7. The molecule has 0 atom stereocenters. The molecule has 2 spiro atoms. The highest BCUT2D eigenvalue weighted by Crippen LogP contribution is 2.66. The van der Waals surface area contributed by atoms with Crippen LogP contribution in [0.25, 0.3) is 53.6 Å². The van der Waals surface area contributed by atoms with Gasteiger partial charge in [-0.1, -0.05) is 188 Å². The van der Waals surface area contributed by atoms with E-state index in [1.807, 2.05) is 11.3 Å². The van der Waals surface area contributed by atoms with Crippen molar-refractivity contribution in [3.8, 4) is 56.4 Å². The molecule has 0 unspecified atom stereocenters. The third-order valence-corrected chi connectivity index (χ3v) is 17.2. The topological polar surface area (TPSA) is 21.7 Å². The number of anilines is 3. The molecule has 0 saturated carbocycles. The van der Waals surface area contributed by atoms with E-state index in [-0.39, 0.29) is 0 Å². The fourth-order valence-electron chi connectivity index (χ4n) is 13.3. The zero-order valence-corrected chi connectivity index (χ0v) is 39.7. The van der Waals surface area contributed by atoms with Crippen molar-refractivity contribution in [3.05, 3.63) is 293 Å². The molecule has 336 valence electrons. The Labute approximate surface area is 421 Å². The van der Waals surface area contributed by atoms with Gasteiger partial charge in [0.25, 0.3) is 0 Å².